The second-order valence-corrected chi connectivity index (χ2v) is 2.58. The Morgan fingerprint density at radius 3 is 2.58 bits per heavy atom. The Kier molecular flexibility index (Phi) is 2.45. The van der Waals surface area contributed by atoms with Crippen molar-refractivity contribution in [1.82, 2.24) is 0 Å². The number of hydrogen-bond donors (Lipinski definition) is 2. The maximum Gasteiger partial charge on any atom is 0.125 e. The highest BCUT2D eigenvalue weighted by Gasteiger charge is 2.03. The molecule has 1 aromatic carbocycles. The molecule has 0 heterocycles. The fourth-order valence-corrected chi connectivity index (χ4v) is 0.964. The van der Waals surface area contributed by atoms with Gasteiger partial charge in [-0.1, -0.05) is 6.08 Å². The zero-order valence-corrected chi connectivity index (χ0v) is 6.63. The summed E-state index contributed by atoms with van der Waals surface area (Å²) in [6, 6.07) is 3.88. The summed E-state index contributed by atoms with van der Waals surface area (Å²) < 4.78 is 12.8. The Morgan fingerprint density at radius 1 is 1.42 bits per heavy atom. The average Bonchev–Trinajstić information content (AvgIpc) is 2.01. The third-order valence-corrected chi connectivity index (χ3v) is 1.58. The molecule has 0 aliphatic carbocycles. The first-order valence-electron chi connectivity index (χ1n) is 3.57. The lowest BCUT2D eigenvalue weighted by molar-refractivity contribution is 0.625. The molecule has 3 heteroatoms. The minimum absolute atomic E-state index is 0.358. The first kappa shape index (κ1) is 8.74. The number of halogens is 1. The number of nitrogens with two attached hydrogens (primary N) is 2. The number of benzene rings is 1. The third kappa shape index (κ3) is 1.83. The monoisotopic (exact) mass is 166 g/mol. The van der Waals surface area contributed by atoms with Crippen molar-refractivity contribution in [3.63, 3.8) is 0 Å². The van der Waals surface area contributed by atoms with E-state index < -0.39 is 0 Å². The Bertz CT molecular complexity index is 276. The highest BCUT2D eigenvalue weighted by molar-refractivity contribution is 5.43. The van der Waals surface area contributed by atoms with Crippen LogP contribution in [-0.4, -0.2) is 0 Å². The maximum absolute atomic E-state index is 12.8. The van der Waals surface area contributed by atoms with Crippen LogP contribution in [0.4, 0.5) is 10.1 Å². The van der Waals surface area contributed by atoms with E-state index in [0.29, 0.717) is 11.3 Å². The lowest BCUT2D eigenvalue weighted by Crippen LogP contribution is -2.07. The Morgan fingerprint density at radius 2 is 2.08 bits per heavy atom. The van der Waals surface area contributed by atoms with Crippen LogP contribution >= 0.6 is 0 Å². The van der Waals surface area contributed by atoms with Gasteiger partial charge in [0.1, 0.15) is 5.82 Å². The van der Waals surface area contributed by atoms with Crippen molar-refractivity contribution in [3.8, 4) is 0 Å². The van der Waals surface area contributed by atoms with Gasteiger partial charge < -0.3 is 11.5 Å². The molecule has 0 fully saturated rings. The molecule has 0 radical (unpaired) electrons. The van der Waals surface area contributed by atoms with Gasteiger partial charge in [-0.25, -0.2) is 4.39 Å². The van der Waals surface area contributed by atoms with E-state index in [1.165, 1.54) is 18.2 Å². The summed E-state index contributed by atoms with van der Waals surface area (Å²) in [7, 11) is 0. The molecule has 0 saturated heterocycles. The van der Waals surface area contributed by atoms with E-state index in [9.17, 15) is 4.39 Å². The van der Waals surface area contributed by atoms with E-state index in [1.54, 1.807) is 6.07 Å². The van der Waals surface area contributed by atoms with Crippen molar-refractivity contribution in [2.75, 3.05) is 5.73 Å². The van der Waals surface area contributed by atoms with Gasteiger partial charge in [-0.05, 0) is 23.8 Å². The first-order chi connectivity index (χ1) is 5.63. The van der Waals surface area contributed by atoms with Gasteiger partial charge in [0.25, 0.3) is 0 Å². The summed E-state index contributed by atoms with van der Waals surface area (Å²) in [4.78, 5) is 0. The van der Waals surface area contributed by atoms with Gasteiger partial charge in [-0.2, -0.15) is 0 Å². The molecular formula is C9H11FN2. The Labute approximate surface area is 70.7 Å². The molecule has 0 saturated carbocycles. The molecule has 0 amide bonds. The average molecular weight is 166 g/mol. The fraction of sp³-hybridized carbons (Fsp3) is 0.111. The molecular weight excluding hydrogens is 155 g/mol. The lowest BCUT2D eigenvalue weighted by atomic mass is 10.1. The Hall–Kier alpha value is -1.35. The summed E-state index contributed by atoms with van der Waals surface area (Å²) in [5.74, 6) is -0.373. The number of nitrogen functional groups attached to an aromatic ring is 1. The zero-order valence-electron chi connectivity index (χ0n) is 6.63. The van der Waals surface area contributed by atoms with Crippen LogP contribution < -0.4 is 11.5 Å². The summed E-state index contributed by atoms with van der Waals surface area (Å²) in [6.45, 7) is 3.51. The van der Waals surface area contributed by atoms with E-state index in [-0.39, 0.29) is 11.9 Å². The number of hydrogen-bond acceptors (Lipinski definition) is 2. The maximum atomic E-state index is 12.8. The van der Waals surface area contributed by atoms with E-state index in [2.05, 4.69) is 6.58 Å². The van der Waals surface area contributed by atoms with Gasteiger partial charge in [-0.15, -0.1) is 6.58 Å². The van der Waals surface area contributed by atoms with Crippen LogP contribution in [0.5, 0.6) is 0 Å². The molecule has 1 unspecified atom stereocenters. The van der Waals surface area contributed by atoms with Crippen LogP contribution in [0, 0.1) is 5.82 Å². The van der Waals surface area contributed by atoms with E-state index in [0.717, 1.165) is 0 Å². The van der Waals surface area contributed by atoms with Gasteiger partial charge in [0.05, 0.1) is 0 Å². The van der Waals surface area contributed by atoms with Crippen LogP contribution in [0.1, 0.15) is 11.6 Å². The first-order valence-corrected chi connectivity index (χ1v) is 3.57. The largest absolute Gasteiger partial charge is 0.399 e. The highest BCUT2D eigenvalue weighted by atomic mass is 19.1. The van der Waals surface area contributed by atoms with Crippen molar-refractivity contribution < 1.29 is 4.39 Å². The van der Waals surface area contributed by atoms with Crippen molar-refractivity contribution >= 4 is 5.69 Å². The van der Waals surface area contributed by atoms with Gasteiger partial charge >= 0.3 is 0 Å². The van der Waals surface area contributed by atoms with Gasteiger partial charge in [0.15, 0.2) is 0 Å². The molecule has 1 aromatic rings. The van der Waals surface area contributed by atoms with Gasteiger partial charge in [0, 0.05) is 11.7 Å². The number of anilines is 1. The third-order valence-electron chi connectivity index (χ3n) is 1.58. The summed E-state index contributed by atoms with van der Waals surface area (Å²) in [5.41, 5.74) is 12.0. The predicted molar refractivity (Wildman–Crippen MR) is 47.9 cm³/mol. The van der Waals surface area contributed by atoms with Crippen molar-refractivity contribution in [2.45, 2.75) is 6.04 Å². The minimum atomic E-state index is -0.373. The molecule has 64 valence electrons. The van der Waals surface area contributed by atoms with Gasteiger partial charge in [-0.3, -0.25) is 0 Å². The van der Waals surface area contributed by atoms with Crippen LogP contribution in [0.3, 0.4) is 0 Å². The standard InChI is InChI=1S/C9H11FN2/c1-2-9(12)6-3-7(10)5-8(11)4-6/h2-5,9H,1,11-12H2. The summed E-state index contributed by atoms with van der Waals surface area (Å²) in [6.07, 6.45) is 1.54. The van der Waals surface area contributed by atoms with Crippen molar-refractivity contribution in [1.29, 1.82) is 0 Å². The second-order valence-electron chi connectivity index (χ2n) is 2.58. The molecule has 0 aromatic heterocycles. The zero-order chi connectivity index (χ0) is 9.14. The topological polar surface area (TPSA) is 52.0 Å². The molecule has 0 bridgehead atoms. The van der Waals surface area contributed by atoms with Gasteiger partial charge in [0.2, 0.25) is 0 Å². The fourth-order valence-electron chi connectivity index (χ4n) is 0.964. The minimum Gasteiger partial charge on any atom is -0.399 e. The molecule has 1 atom stereocenters. The van der Waals surface area contributed by atoms with E-state index in [1.807, 2.05) is 0 Å². The van der Waals surface area contributed by atoms with Crippen LogP contribution in [0.2, 0.25) is 0 Å². The number of rotatable bonds is 2. The molecule has 0 aliphatic rings. The lowest BCUT2D eigenvalue weighted by Gasteiger charge is -2.07. The molecule has 4 N–H and O–H groups in total. The van der Waals surface area contributed by atoms with Crippen molar-refractivity contribution in [2.24, 2.45) is 5.73 Å². The second kappa shape index (κ2) is 3.36. The molecule has 0 aliphatic heterocycles. The quantitative estimate of drug-likeness (QED) is 0.518. The predicted octanol–water partition coefficient (Wildman–Crippen LogP) is 1.59. The van der Waals surface area contributed by atoms with Crippen LogP contribution in [0.25, 0.3) is 0 Å². The van der Waals surface area contributed by atoms with Crippen LogP contribution in [-0.2, 0) is 0 Å². The molecule has 1 rings (SSSR count). The smallest absolute Gasteiger partial charge is 0.125 e. The van der Waals surface area contributed by atoms with E-state index in [4.69, 9.17) is 11.5 Å². The highest BCUT2D eigenvalue weighted by Crippen LogP contribution is 2.16. The summed E-state index contributed by atoms with van der Waals surface area (Å²) >= 11 is 0. The molecule has 0 spiro atoms. The molecule has 2 nitrogen and oxygen atoms in total. The summed E-state index contributed by atoms with van der Waals surface area (Å²) in [5, 5.41) is 0. The van der Waals surface area contributed by atoms with E-state index >= 15 is 0 Å². The SMILES string of the molecule is C=CC(N)c1cc(N)cc(F)c1. The molecule has 12 heavy (non-hydrogen) atoms. The Balaban J connectivity index is 3.08. The van der Waals surface area contributed by atoms with Crippen LogP contribution in [0.15, 0.2) is 30.9 Å². The van der Waals surface area contributed by atoms with Crippen molar-refractivity contribution in [3.05, 3.63) is 42.2 Å². The normalized spacial score (nSPS) is 12.5.